The van der Waals surface area contributed by atoms with Crippen molar-refractivity contribution in [2.24, 2.45) is 7.05 Å². The highest BCUT2D eigenvalue weighted by molar-refractivity contribution is 7.10. The summed E-state index contributed by atoms with van der Waals surface area (Å²) in [6.45, 7) is 1.97. The standard InChI is InChI=1S/C11H13N3S/c1-14-10-7-12-5-9(8(10)6-13-14)11-3-2-4-15-11/h2-4,6,9,12H,5,7H2,1H3. The molecule has 0 fully saturated rings. The van der Waals surface area contributed by atoms with E-state index in [0.717, 1.165) is 13.1 Å². The van der Waals surface area contributed by atoms with Gasteiger partial charge in [0.1, 0.15) is 0 Å². The molecule has 1 aliphatic rings. The summed E-state index contributed by atoms with van der Waals surface area (Å²) in [6.07, 6.45) is 2.01. The minimum absolute atomic E-state index is 0.488. The first-order chi connectivity index (χ1) is 7.36. The molecule has 2 aromatic rings. The first-order valence-corrected chi connectivity index (χ1v) is 5.99. The van der Waals surface area contributed by atoms with Crippen LogP contribution in [0.3, 0.4) is 0 Å². The number of hydrogen-bond donors (Lipinski definition) is 1. The lowest BCUT2D eigenvalue weighted by molar-refractivity contribution is 0.561. The van der Waals surface area contributed by atoms with E-state index in [9.17, 15) is 0 Å². The molecule has 0 bridgehead atoms. The number of aryl methyl sites for hydroxylation is 1. The molecular formula is C11H13N3S. The van der Waals surface area contributed by atoms with Gasteiger partial charge in [-0.15, -0.1) is 11.3 Å². The lowest BCUT2D eigenvalue weighted by Gasteiger charge is -2.22. The van der Waals surface area contributed by atoms with Crippen molar-refractivity contribution in [3.8, 4) is 0 Å². The predicted octanol–water partition coefficient (Wildman–Crippen LogP) is 1.72. The quantitative estimate of drug-likeness (QED) is 0.791. The van der Waals surface area contributed by atoms with E-state index >= 15 is 0 Å². The Bertz CT molecular complexity index is 458. The van der Waals surface area contributed by atoms with E-state index in [1.54, 1.807) is 0 Å². The summed E-state index contributed by atoms with van der Waals surface area (Å²) in [5.41, 5.74) is 2.71. The molecule has 15 heavy (non-hydrogen) atoms. The van der Waals surface area contributed by atoms with Crippen LogP contribution in [0.25, 0.3) is 0 Å². The van der Waals surface area contributed by atoms with Gasteiger partial charge in [0.25, 0.3) is 0 Å². The number of nitrogens with one attached hydrogen (secondary N) is 1. The molecule has 0 aliphatic carbocycles. The van der Waals surface area contributed by atoms with E-state index < -0.39 is 0 Å². The SMILES string of the molecule is Cn1ncc2c1CNCC2c1cccs1. The summed E-state index contributed by atoms with van der Waals surface area (Å²) < 4.78 is 1.97. The first-order valence-electron chi connectivity index (χ1n) is 5.11. The maximum absolute atomic E-state index is 4.34. The zero-order chi connectivity index (χ0) is 10.3. The molecule has 3 rings (SSSR count). The topological polar surface area (TPSA) is 29.9 Å². The van der Waals surface area contributed by atoms with Crippen molar-refractivity contribution in [3.63, 3.8) is 0 Å². The van der Waals surface area contributed by atoms with Gasteiger partial charge in [0.2, 0.25) is 0 Å². The number of hydrogen-bond acceptors (Lipinski definition) is 3. The van der Waals surface area contributed by atoms with Crippen molar-refractivity contribution in [2.45, 2.75) is 12.5 Å². The van der Waals surface area contributed by atoms with Crippen LogP contribution >= 0.6 is 11.3 Å². The van der Waals surface area contributed by atoms with E-state index in [0.29, 0.717) is 5.92 Å². The highest BCUT2D eigenvalue weighted by Crippen LogP contribution is 2.32. The Labute approximate surface area is 92.7 Å². The fourth-order valence-corrected chi connectivity index (χ4v) is 3.02. The molecule has 2 aromatic heterocycles. The molecule has 0 radical (unpaired) electrons. The summed E-state index contributed by atoms with van der Waals surface area (Å²) in [5, 5.41) is 9.93. The van der Waals surface area contributed by atoms with Gasteiger partial charge in [0.05, 0.1) is 11.9 Å². The fraction of sp³-hybridized carbons (Fsp3) is 0.364. The van der Waals surface area contributed by atoms with Crippen molar-refractivity contribution in [2.75, 3.05) is 6.54 Å². The van der Waals surface area contributed by atoms with Gasteiger partial charge in [0, 0.05) is 36.5 Å². The van der Waals surface area contributed by atoms with Gasteiger partial charge in [0.15, 0.2) is 0 Å². The Morgan fingerprint density at radius 3 is 3.33 bits per heavy atom. The predicted molar refractivity (Wildman–Crippen MR) is 61.1 cm³/mol. The molecule has 4 heteroatoms. The molecule has 0 spiro atoms. The lowest BCUT2D eigenvalue weighted by atomic mass is 9.95. The van der Waals surface area contributed by atoms with Crippen LogP contribution in [0.5, 0.6) is 0 Å². The van der Waals surface area contributed by atoms with Gasteiger partial charge < -0.3 is 5.32 Å². The smallest absolute Gasteiger partial charge is 0.0557 e. The summed E-state index contributed by atoms with van der Waals surface area (Å²) in [7, 11) is 2.01. The molecule has 1 aliphatic heterocycles. The highest BCUT2D eigenvalue weighted by Gasteiger charge is 2.24. The Morgan fingerprint density at radius 2 is 2.53 bits per heavy atom. The molecule has 1 N–H and O–H groups in total. The van der Waals surface area contributed by atoms with Crippen LogP contribution in [-0.4, -0.2) is 16.3 Å². The molecule has 1 atom stereocenters. The van der Waals surface area contributed by atoms with Gasteiger partial charge >= 0.3 is 0 Å². The van der Waals surface area contributed by atoms with E-state index in [1.807, 2.05) is 29.3 Å². The molecule has 0 amide bonds. The van der Waals surface area contributed by atoms with Gasteiger partial charge in [-0.1, -0.05) is 6.07 Å². The van der Waals surface area contributed by atoms with Gasteiger partial charge in [-0.2, -0.15) is 5.10 Å². The summed E-state index contributed by atoms with van der Waals surface area (Å²) in [5.74, 6) is 0.488. The second-order valence-electron chi connectivity index (χ2n) is 3.87. The number of rotatable bonds is 1. The number of nitrogens with zero attached hydrogens (tertiary/aromatic N) is 2. The van der Waals surface area contributed by atoms with Crippen LogP contribution in [0.2, 0.25) is 0 Å². The van der Waals surface area contributed by atoms with Crippen LogP contribution < -0.4 is 5.32 Å². The van der Waals surface area contributed by atoms with Crippen LogP contribution in [0.15, 0.2) is 23.7 Å². The van der Waals surface area contributed by atoms with E-state index in [-0.39, 0.29) is 0 Å². The third kappa shape index (κ3) is 1.41. The summed E-state index contributed by atoms with van der Waals surface area (Å²) in [4.78, 5) is 1.43. The number of aromatic nitrogens is 2. The van der Waals surface area contributed by atoms with E-state index in [2.05, 4.69) is 27.9 Å². The van der Waals surface area contributed by atoms with Gasteiger partial charge in [-0.05, 0) is 11.4 Å². The Balaban J connectivity index is 2.07. The minimum atomic E-state index is 0.488. The van der Waals surface area contributed by atoms with Crippen LogP contribution in [0, 0.1) is 0 Å². The molecule has 0 aromatic carbocycles. The summed E-state index contributed by atoms with van der Waals surface area (Å²) in [6, 6.07) is 4.32. The molecule has 0 saturated heterocycles. The van der Waals surface area contributed by atoms with E-state index in [1.165, 1.54) is 16.1 Å². The largest absolute Gasteiger partial charge is 0.310 e. The average molecular weight is 219 g/mol. The minimum Gasteiger partial charge on any atom is -0.310 e. The maximum Gasteiger partial charge on any atom is 0.0557 e. The Morgan fingerprint density at radius 1 is 1.60 bits per heavy atom. The molecule has 0 saturated carbocycles. The number of thiophene rings is 1. The molecule has 78 valence electrons. The van der Waals surface area contributed by atoms with Crippen molar-refractivity contribution in [3.05, 3.63) is 39.8 Å². The zero-order valence-electron chi connectivity index (χ0n) is 8.60. The van der Waals surface area contributed by atoms with Crippen molar-refractivity contribution < 1.29 is 0 Å². The first kappa shape index (κ1) is 9.12. The average Bonchev–Trinajstić information content (AvgIpc) is 2.88. The monoisotopic (exact) mass is 219 g/mol. The second-order valence-corrected chi connectivity index (χ2v) is 4.85. The summed E-state index contributed by atoms with van der Waals surface area (Å²) >= 11 is 1.83. The Kier molecular flexibility index (Phi) is 2.11. The Hall–Kier alpha value is -1.13. The van der Waals surface area contributed by atoms with Crippen LogP contribution in [-0.2, 0) is 13.6 Å². The molecule has 3 nitrogen and oxygen atoms in total. The second kappa shape index (κ2) is 3.47. The number of fused-ring (bicyclic) bond motifs is 1. The van der Waals surface area contributed by atoms with Gasteiger partial charge in [-0.25, -0.2) is 0 Å². The molecular weight excluding hydrogens is 206 g/mol. The third-order valence-corrected chi connectivity index (χ3v) is 3.98. The third-order valence-electron chi connectivity index (χ3n) is 3.00. The van der Waals surface area contributed by atoms with E-state index in [4.69, 9.17) is 0 Å². The van der Waals surface area contributed by atoms with Crippen molar-refractivity contribution in [1.82, 2.24) is 15.1 Å². The van der Waals surface area contributed by atoms with Crippen molar-refractivity contribution >= 4 is 11.3 Å². The normalized spacial score (nSPS) is 20.2. The lowest BCUT2D eigenvalue weighted by Crippen LogP contribution is -2.29. The molecule has 3 heterocycles. The molecule has 1 unspecified atom stereocenters. The highest BCUT2D eigenvalue weighted by atomic mass is 32.1. The van der Waals surface area contributed by atoms with Crippen molar-refractivity contribution in [1.29, 1.82) is 0 Å². The maximum atomic E-state index is 4.34. The zero-order valence-corrected chi connectivity index (χ0v) is 9.42. The van der Waals surface area contributed by atoms with Gasteiger partial charge in [-0.3, -0.25) is 4.68 Å². The fourth-order valence-electron chi connectivity index (χ4n) is 2.18. The van der Waals surface area contributed by atoms with Crippen LogP contribution in [0.4, 0.5) is 0 Å². The van der Waals surface area contributed by atoms with Crippen LogP contribution in [0.1, 0.15) is 22.1 Å².